The van der Waals surface area contributed by atoms with Crippen LogP contribution in [-0.2, 0) is 19.2 Å². The summed E-state index contributed by atoms with van der Waals surface area (Å²) in [5.41, 5.74) is 0. The third kappa shape index (κ3) is 54.3. The molecular weight excluding hydrogens is 1160 g/mol. The third-order valence-electron chi connectivity index (χ3n) is 20.6. The van der Waals surface area contributed by atoms with Crippen molar-refractivity contribution in [1.82, 2.24) is 10.6 Å². The number of ether oxygens (including phenoxy) is 2. The molecule has 0 aliphatic rings. The Morgan fingerprint density at radius 2 is 0.447 bits per heavy atom. The summed E-state index contributed by atoms with van der Waals surface area (Å²) in [4.78, 5) is 50.1. The van der Waals surface area contributed by atoms with Gasteiger partial charge in [0.15, 0.2) is 0 Å². The summed E-state index contributed by atoms with van der Waals surface area (Å²) in [6.07, 6.45) is 75.2. The van der Waals surface area contributed by atoms with Crippen molar-refractivity contribution in [3.05, 3.63) is 60.7 Å². The van der Waals surface area contributed by atoms with Crippen LogP contribution in [0.15, 0.2) is 60.7 Å². The molecule has 8 heteroatoms. The molecule has 0 fully saturated rings. The second kappa shape index (κ2) is 66.5. The van der Waals surface area contributed by atoms with E-state index in [-0.39, 0.29) is 23.8 Å². The van der Waals surface area contributed by atoms with Gasteiger partial charge in [-0.1, -0.05) is 398 Å². The van der Waals surface area contributed by atoms with Gasteiger partial charge < -0.3 is 20.1 Å². The quantitative estimate of drug-likeness (QED) is 0.0388. The molecule has 0 saturated heterocycles. The summed E-state index contributed by atoms with van der Waals surface area (Å²) in [5.74, 6) is 4.73. The van der Waals surface area contributed by atoms with Crippen LogP contribution >= 0.6 is 0 Å². The van der Waals surface area contributed by atoms with Crippen molar-refractivity contribution in [2.75, 3.05) is 13.1 Å². The lowest BCUT2D eigenvalue weighted by Crippen LogP contribution is -2.34. The minimum atomic E-state index is -0.113. The van der Waals surface area contributed by atoms with Gasteiger partial charge in [-0.15, -0.1) is 0 Å². The number of carbonyl (C=O) groups is 4. The minimum Gasteiger partial charge on any atom is -0.427 e. The molecule has 8 nitrogen and oxygen atoms in total. The van der Waals surface area contributed by atoms with E-state index in [2.05, 4.69) is 38.3 Å². The molecule has 0 aliphatic carbocycles. The standard InChI is InChI=1S/C86H152N2O6/c1-5-9-13-17-29-43-59-77(79(61-45-31-19-15-11-7-3)65-49-35-23-27-39-57-73-85(91)93-81-67-51-41-52-68-81)63-47-33-21-25-37-55-71-83(89)87-75-76-88-84(90)72-56-38-26-22-34-48-64-78(60-44-30-18-14-10-6-2)80(62-46-32-20-16-12-8-4)66-50-36-24-28-40-58-74-86(92)94-82-69-53-42-54-70-82/h41-42,51-54,67-70,77-80H,5-40,43-50,55-66,71-76H2,1-4H3,(H,87,89)(H,88,90). The number of hydrogen-bond donors (Lipinski definition) is 2. The first-order valence-electron chi connectivity index (χ1n) is 41.3. The van der Waals surface area contributed by atoms with Crippen LogP contribution in [0.3, 0.4) is 0 Å². The van der Waals surface area contributed by atoms with Gasteiger partial charge in [-0.05, 0) is 73.6 Å². The van der Waals surface area contributed by atoms with E-state index < -0.39 is 0 Å². The molecule has 0 heterocycles. The Morgan fingerprint density at radius 1 is 0.255 bits per heavy atom. The molecule has 0 spiro atoms. The molecule has 0 aliphatic heterocycles. The average molecular weight is 1310 g/mol. The van der Waals surface area contributed by atoms with E-state index >= 15 is 0 Å². The molecule has 2 N–H and O–H groups in total. The predicted octanol–water partition coefficient (Wildman–Crippen LogP) is 26.4. The Kier molecular flexibility index (Phi) is 61.2. The van der Waals surface area contributed by atoms with E-state index in [1.165, 1.54) is 308 Å². The van der Waals surface area contributed by atoms with E-state index in [1.54, 1.807) is 0 Å². The number of rotatable bonds is 71. The van der Waals surface area contributed by atoms with E-state index in [1.807, 2.05) is 60.7 Å². The maximum Gasteiger partial charge on any atom is 0.311 e. The van der Waals surface area contributed by atoms with E-state index in [0.717, 1.165) is 75.0 Å². The number of unbranched alkanes of at least 4 members (excludes halogenated alkanes) is 40. The number of para-hydroxylation sites is 2. The van der Waals surface area contributed by atoms with Crippen LogP contribution in [0, 0.1) is 23.7 Å². The lowest BCUT2D eigenvalue weighted by Gasteiger charge is -2.28. The monoisotopic (exact) mass is 1310 g/mol. The number of nitrogens with one attached hydrogen (secondary N) is 2. The summed E-state index contributed by atoms with van der Waals surface area (Å²) >= 11 is 0. The van der Waals surface area contributed by atoms with Gasteiger partial charge in [0.2, 0.25) is 11.8 Å². The molecule has 4 atom stereocenters. The van der Waals surface area contributed by atoms with Crippen molar-refractivity contribution in [2.45, 2.75) is 413 Å². The van der Waals surface area contributed by atoms with Crippen molar-refractivity contribution < 1.29 is 28.7 Å². The fourth-order valence-electron chi connectivity index (χ4n) is 14.7. The third-order valence-corrected chi connectivity index (χ3v) is 20.6. The van der Waals surface area contributed by atoms with Gasteiger partial charge in [-0.25, -0.2) is 0 Å². The molecule has 542 valence electrons. The molecule has 4 unspecified atom stereocenters. The predicted molar refractivity (Wildman–Crippen MR) is 404 cm³/mol. The van der Waals surface area contributed by atoms with Gasteiger partial charge in [-0.2, -0.15) is 0 Å². The highest BCUT2D eigenvalue weighted by molar-refractivity contribution is 5.77. The van der Waals surface area contributed by atoms with Gasteiger partial charge in [0.1, 0.15) is 11.5 Å². The van der Waals surface area contributed by atoms with Crippen molar-refractivity contribution in [2.24, 2.45) is 23.7 Å². The fraction of sp³-hybridized carbons (Fsp3) is 0.814. The Labute approximate surface area is 581 Å². The van der Waals surface area contributed by atoms with Crippen molar-refractivity contribution >= 4 is 23.8 Å². The van der Waals surface area contributed by atoms with Gasteiger partial charge in [0, 0.05) is 38.8 Å². The summed E-state index contributed by atoms with van der Waals surface area (Å²) in [6.45, 7) is 10.3. The van der Waals surface area contributed by atoms with Gasteiger partial charge in [0.05, 0.1) is 0 Å². The Bertz CT molecular complexity index is 1820. The van der Waals surface area contributed by atoms with E-state index in [4.69, 9.17) is 9.47 Å². The first kappa shape index (κ1) is 86.4. The van der Waals surface area contributed by atoms with Crippen molar-refractivity contribution in [3.63, 3.8) is 0 Å². The molecule has 94 heavy (non-hydrogen) atoms. The second-order valence-corrected chi connectivity index (χ2v) is 29.2. The lowest BCUT2D eigenvalue weighted by atomic mass is 9.78. The summed E-state index contributed by atoms with van der Waals surface area (Å²) in [5, 5.41) is 6.14. The smallest absolute Gasteiger partial charge is 0.311 e. The van der Waals surface area contributed by atoms with Crippen molar-refractivity contribution in [1.29, 1.82) is 0 Å². The van der Waals surface area contributed by atoms with Crippen LogP contribution in [0.2, 0.25) is 0 Å². The largest absolute Gasteiger partial charge is 0.427 e. The lowest BCUT2D eigenvalue weighted by molar-refractivity contribution is -0.135. The normalized spacial score (nSPS) is 12.8. The van der Waals surface area contributed by atoms with Crippen LogP contribution < -0.4 is 20.1 Å². The van der Waals surface area contributed by atoms with Gasteiger partial charge >= 0.3 is 11.9 Å². The van der Waals surface area contributed by atoms with Crippen LogP contribution in [-0.4, -0.2) is 36.8 Å². The van der Waals surface area contributed by atoms with E-state index in [0.29, 0.717) is 50.3 Å². The molecule has 0 radical (unpaired) electrons. The zero-order valence-electron chi connectivity index (χ0n) is 62.4. The zero-order chi connectivity index (χ0) is 67.5. The Balaban J connectivity index is 1.67. The highest BCUT2D eigenvalue weighted by atomic mass is 16.5. The van der Waals surface area contributed by atoms with E-state index in [9.17, 15) is 19.2 Å². The highest BCUT2D eigenvalue weighted by Gasteiger charge is 2.23. The first-order chi connectivity index (χ1) is 46.3. The van der Waals surface area contributed by atoms with Gasteiger partial charge in [-0.3, -0.25) is 19.2 Å². The molecule has 2 aromatic rings. The first-order valence-corrected chi connectivity index (χ1v) is 41.3. The zero-order valence-corrected chi connectivity index (χ0v) is 62.4. The summed E-state index contributed by atoms with van der Waals surface area (Å²) in [7, 11) is 0. The number of hydrogen-bond acceptors (Lipinski definition) is 6. The number of esters is 2. The number of benzene rings is 2. The molecule has 2 rings (SSSR count). The topological polar surface area (TPSA) is 111 Å². The molecule has 2 aromatic carbocycles. The number of carbonyl (C=O) groups excluding carboxylic acids is 4. The van der Waals surface area contributed by atoms with Gasteiger partial charge in [0.25, 0.3) is 0 Å². The maximum absolute atomic E-state index is 12.7. The number of amides is 2. The Hall–Kier alpha value is -3.68. The minimum absolute atomic E-state index is 0.113. The molecule has 0 aromatic heterocycles. The van der Waals surface area contributed by atoms with Crippen LogP contribution in [0.4, 0.5) is 0 Å². The maximum atomic E-state index is 12.7. The summed E-state index contributed by atoms with van der Waals surface area (Å²) in [6, 6.07) is 18.9. The SMILES string of the molecule is CCCCCCCCC(CCCCCCCCC(=O)NCCNC(=O)CCCCCCCCC(CCCCCCCC)C(CCCCCCCC)CCCCCCCCC(=O)Oc1ccccc1)C(CCCCCCCC)CCCCCCCCC(=O)Oc1ccccc1. The average Bonchev–Trinajstić information content (AvgIpc) is 2.67. The molecule has 0 bridgehead atoms. The second-order valence-electron chi connectivity index (χ2n) is 29.2. The van der Waals surface area contributed by atoms with Crippen LogP contribution in [0.1, 0.15) is 413 Å². The molecular formula is C86H152N2O6. The molecule has 0 saturated carbocycles. The van der Waals surface area contributed by atoms with Crippen molar-refractivity contribution in [3.8, 4) is 11.5 Å². The highest BCUT2D eigenvalue weighted by Crippen LogP contribution is 2.36. The van der Waals surface area contributed by atoms with Crippen LogP contribution in [0.5, 0.6) is 11.5 Å². The molecule has 2 amide bonds. The fourth-order valence-corrected chi connectivity index (χ4v) is 14.7. The summed E-state index contributed by atoms with van der Waals surface area (Å²) < 4.78 is 11.0. The van der Waals surface area contributed by atoms with Crippen LogP contribution in [0.25, 0.3) is 0 Å². The Morgan fingerprint density at radius 3 is 0.670 bits per heavy atom.